The molecule has 98 valence electrons. The highest BCUT2D eigenvalue weighted by Gasteiger charge is 2.15. The quantitative estimate of drug-likeness (QED) is 0.377. The molecular formula is C12H16FN3OS. The smallest absolute Gasteiger partial charge is 0.170 e. The third-order valence-corrected chi connectivity index (χ3v) is 3.90. The standard InChI is InChI=1S/C12H16FN3OS/c13-10-2-1-9(11(7-10)12(14)15-17)8-16-3-5-18-6-4-16/h1-2,7,17H,3-6,8H2,(H2,14,15). The minimum absolute atomic E-state index is 0.0455. The number of nitrogens with zero attached hydrogens (tertiary/aromatic N) is 2. The van der Waals surface area contributed by atoms with Crippen molar-refractivity contribution in [3.05, 3.63) is 35.1 Å². The summed E-state index contributed by atoms with van der Waals surface area (Å²) in [6.45, 7) is 2.72. The van der Waals surface area contributed by atoms with Gasteiger partial charge < -0.3 is 10.9 Å². The number of halogens is 1. The molecule has 0 atom stereocenters. The molecule has 1 aliphatic rings. The minimum Gasteiger partial charge on any atom is -0.409 e. The normalized spacial score (nSPS) is 17.9. The number of thioether (sulfide) groups is 1. The van der Waals surface area contributed by atoms with E-state index in [-0.39, 0.29) is 11.7 Å². The van der Waals surface area contributed by atoms with Crippen molar-refractivity contribution in [1.82, 2.24) is 4.90 Å². The van der Waals surface area contributed by atoms with Crippen LogP contribution in [-0.4, -0.2) is 40.5 Å². The van der Waals surface area contributed by atoms with Gasteiger partial charge in [0.1, 0.15) is 5.82 Å². The molecule has 1 aromatic rings. The zero-order valence-corrected chi connectivity index (χ0v) is 10.8. The van der Waals surface area contributed by atoms with Crippen LogP contribution in [0.1, 0.15) is 11.1 Å². The summed E-state index contributed by atoms with van der Waals surface area (Å²) >= 11 is 1.94. The van der Waals surface area contributed by atoms with Gasteiger partial charge in [-0.2, -0.15) is 11.8 Å². The molecule has 3 N–H and O–H groups in total. The monoisotopic (exact) mass is 269 g/mol. The van der Waals surface area contributed by atoms with Crippen molar-refractivity contribution in [3.63, 3.8) is 0 Å². The summed E-state index contributed by atoms with van der Waals surface area (Å²) in [5.74, 6) is 1.80. The number of oxime groups is 1. The van der Waals surface area contributed by atoms with E-state index < -0.39 is 0 Å². The largest absolute Gasteiger partial charge is 0.409 e. The summed E-state index contributed by atoms with van der Waals surface area (Å²) in [5.41, 5.74) is 6.94. The average molecular weight is 269 g/mol. The second kappa shape index (κ2) is 6.06. The van der Waals surface area contributed by atoms with Gasteiger partial charge in [0.15, 0.2) is 5.84 Å². The molecule has 1 aromatic carbocycles. The van der Waals surface area contributed by atoms with Gasteiger partial charge in [0, 0.05) is 36.7 Å². The Labute approximate surface area is 110 Å². The first-order valence-corrected chi connectivity index (χ1v) is 6.92. The molecule has 0 saturated carbocycles. The number of benzene rings is 1. The van der Waals surface area contributed by atoms with Crippen LogP contribution in [0.3, 0.4) is 0 Å². The Morgan fingerprint density at radius 1 is 1.44 bits per heavy atom. The molecule has 0 aromatic heterocycles. The zero-order valence-electron chi connectivity index (χ0n) is 9.97. The number of amidine groups is 1. The van der Waals surface area contributed by atoms with Gasteiger partial charge in [-0.25, -0.2) is 4.39 Å². The van der Waals surface area contributed by atoms with E-state index in [2.05, 4.69) is 10.1 Å². The van der Waals surface area contributed by atoms with E-state index in [1.807, 2.05) is 11.8 Å². The Morgan fingerprint density at radius 2 is 2.17 bits per heavy atom. The fourth-order valence-electron chi connectivity index (χ4n) is 1.98. The lowest BCUT2D eigenvalue weighted by Gasteiger charge is -2.26. The van der Waals surface area contributed by atoms with Gasteiger partial charge in [-0.3, -0.25) is 4.90 Å². The van der Waals surface area contributed by atoms with Gasteiger partial charge in [-0.1, -0.05) is 11.2 Å². The molecule has 1 aliphatic heterocycles. The van der Waals surface area contributed by atoms with E-state index in [4.69, 9.17) is 10.9 Å². The molecule has 4 nitrogen and oxygen atoms in total. The van der Waals surface area contributed by atoms with Crippen LogP contribution in [0.25, 0.3) is 0 Å². The van der Waals surface area contributed by atoms with E-state index in [1.54, 1.807) is 6.07 Å². The summed E-state index contributed by atoms with van der Waals surface area (Å²) in [6.07, 6.45) is 0. The van der Waals surface area contributed by atoms with Crippen molar-refractivity contribution in [2.24, 2.45) is 10.9 Å². The van der Waals surface area contributed by atoms with Crippen LogP contribution >= 0.6 is 11.8 Å². The fourth-order valence-corrected chi connectivity index (χ4v) is 2.96. The molecule has 18 heavy (non-hydrogen) atoms. The van der Waals surface area contributed by atoms with Gasteiger partial charge in [-0.15, -0.1) is 0 Å². The average Bonchev–Trinajstić information content (AvgIpc) is 2.41. The van der Waals surface area contributed by atoms with Crippen LogP contribution in [0, 0.1) is 5.82 Å². The summed E-state index contributed by atoms with van der Waals surface area (Å²) in [4.78, 5) is 2.29. The third kappa shape index (κ3) is 3.14. The maximum Gasteiger partial charge on any atom is 0.170 e. The van der Waals surface area contributed by atoms with Gasteiger partial charge in [0.2, 0.25) is 0 Å². The number of hydrogen-bond donors (Lipinski definition) is 2. The first kappa shape index (κ1) is 13.2. The van der Waals surface area contributed by atoms with Crippen molar-refractivity contribution < 1.29 is 9.60 Å². The summed E-state index contributed by atoms with van der Waals surface area (Å²) in [6, 6.07) is 4.41. The topological polar surface area (TPSA) is 61.9 Å². The van der Waals surface area contributed by atoms with Crippen LogP contribution < -0.4 is 5.73 Å². The number of nitrogens with two attached hydrogens (primary N) is 1. The van der Waals surface area contributed by atoms with Crippen LogP contribution in [0.4, 0.5) is 4.39 Å². The molecule has 1 heterocycles. The second-order valence-corrected chi connectivity index (χ2v) is 5.40. The van der Waals surface area contributed by atoms with Gasteiger partial charge in [0.05, 0.1) is 0 Å². The van der Waals surface area contributed by atoms with Crippen molar-refractivity contribution in [1.29, 1.82) is 0 Å². The van der Waals surface area contributed by atoms with E-state index in [0.29, 0.717) is 12.1 Å². The summed E-state index contributed by atoms with van der Waals surface area (Å²) < 4.78 is 13.2. The molecule has 0 bridgehead atoms. The van der Waals surface area contributed by atoms with Gasteiger partial charge >= 0.3 is 0 Å². The zero-order chi connectivity index (χ0) is 13.0. The highest BCUT2D eigenvalue weighted by Crippen LogP contribution is 2.17. The molecule has 1 saturated heterocycles. The Hall–Kier alpha value is -1.27. The predicted molar refractivity (Wildman–Crippen MR) is 71.5 cm³/mol. The van der Waals surface area contributed by atoms with Crippen molar-refractivity contribution in [3.8, 4) is 0 Å². The highest BCUT2D eigenvalue weighted by atomic mass is 32.2. The Morgan fingerprint density at radius 3 is 2.83 bits per heavy atom. The second-order valence-electron chi connectivity index (χ2n) is 4.18. The first-order valence-electron chi connectivity index (χ1n) is 5.77. The molecular weight excluding hydrogens is 253 g/mol. The summed E-state index contributed by atoms with van der Waals surface area (Å²) in [5, 5.41) is 11.7. The SMILES string of the molecule is NC(=NO)c1cc(F)ccc1CN1CCSCC1. The van der Waals surface area contributed by atoms with Crippen LogP contribution in [0.15, 0.2) is 23.4 Å². The molecule has 0 radical (unpaired) electrons. The lowest BCUT2D eigenvalue weighted by molar-refractivity contribution is 0.294. The molecule has 0 amide bonds. The number of hydrogen-bond acceptors (Lipinski definition) is 4. The molecule has 2 rings (SSSR count). The van der Waals surface area contributed by atoms with Crippen LogP contribution in [-0.2, 0) is 6.54 Å². The van der Waals surface area contributed by atoms with Crippen LogP contribution in [0.2, 0.25) is 0 Å². The Balaban J connectivity index is 2.20. The van der Waals surface area contributed by atoms with E-state index >= 15 is 0 Å². The molecule has 0 spiro atoms. The fraction of sp³-hybridized carbons (Fsp3) is 0.417. The molecule has 1 fully saturated rings. The van der Waals surface area contributed by atoms with Crippen molar-refractivity contribution in [2.75, 3.05) is 24.6 Å². The summed E-state index contributed by atoms with van der Waals surface area (Å²) in [7, 11) is 0. The molecule has 0 aliphatic carbocycles. The van der Waals surface area contributed by atoms with Gasteiger partial charge in [-0.05, 0) is 17.7 Å². The lowest BCUT2D eigenvalue weighted by Crippen LogP contribution is -2.33. The molecule has 6 heteroatoms. The lowest BCUT2D eigenvalue weighted by atomic mass is 10.1. The van der Waals surface area contributed by atoms with E-state index in [9.17, 15) is 4.39 Å². The predicted octanol–water partition coefficient (Wildman–Crippen LogP) is 1.47. The highest BCUT2D eigenvalue weighted by molar-refractivity contribution is 7.99. The Kier molecular flexibility index (Phi) is 4.43. The maximum atomic E-state index is 13.2. The van der Waals surface area contributed by atoms with Crippen molar-refractivity contribution in [2.45, 2.75) is 6.54 Å². The van der Waals surface area contributed by atoms with E-state index in [0.717, 1.165) is 30.2 Å². The van der Waals surface area contributed by atoms with Gasteiger partial charge in [0.25, 0.3) is 0 Å². The van der Waals surface area contributed by atoms with Crippen molar-refractivity contribution >= 4 is 17.6 Å². The van der Waals surface area contributed by atoms with E-state index in [1.165, 1.54) is 12.1 Å². The maximum absolute atomic E-state index is 13.2. The minimum atomic E-state index is -0.380. The number of rotatable bonds is 3. The molecule has 0 unspecified atom stereocenters. The first-order chi connectivity index (χ1) is 8.70. The third-order valence-electron chi connectivity index (χ3n) is 2.95. The van der Waals surface area contributed by atoms with Crippen LogP contribution in [0.5, 0.6) is 0 Å². The Bertz CT molecular complexity index is 447.